The lowest BCUT2D eigenvalue weighted by Gasteiger charge is -2.19. The van der Waals surface area contributed by atoms with Crippen molar-refractivity contribution in [2.45, 2.75) is 32.4 Å². The Morgan fingerprint density at radius 2 is 2.21 bits per heavy atom. The molecule has 0 aliphatic carbocycles. The summed E-state index contributed by atoms with van der Waals surface area (Å²) in [7, 11) is 2.04. The maximum atomic E-state index is 5.84. The Kier molecular flexibility index (Phi) is 5.22. The van der Waals surface area contributed by atoms with Crippen LogP contribution >= 0.6 is 0 Å². The van der Waals surface area contributed by atoms with Crippen molar-refractivity contribution in [1.82, 2.24) is 19.9 Å². The molecule has 1 saturated heterocycles. The van der Waals surface area contributed by atoms with Gasteiger partial charge in [-0.3, -0.25) is 4.90 Å². The fourth-order valence-electron chi connectivity index (χ4n) is 2.86. The SMILES string of the molecule is Cc1cccc(Nc2nc(N)nc(CN(C)C[C@@H]3CCCO3)n2)c1. The van der Waals surface area contributed by atoms with Crippen LogP contribution in [0, 0.1) is 6.92 Å². The summed E-state index contributed by atoms with van der Waals surface area (Å²) >= 11 is 0. The Bertz CT molecular complexity index is 687. The molecule has 2 aromatic rings. The molecule has 128 valence electrons. The van der Waals surface area contributed by atoms with Gasteiger partial charge < -0.3 is 15.8 Å². The molecular formula is C17H24N6O. The van der Waals surface area contributed by atoms with Crippen molar-refractivity contribution in [3.63, 3.8) is 0 Å². The number of ether oxygens (including phenoxy) is 1. The van der Waals surface area contributed by atoms with Crippen LogP contribution in [0.3, 0.4) is 0 Å². The van der Waals surface area contributed by atoms with Gasteiger partial charge in [0.1, 0.15) is 5.82 Å². The van der Waals surface area contributed by atoms with E-state index < -0.39 is 0 Å². The van der Waals surface area contributed by atoms with Crippen LogP contribution in [-0.2, 0) is 11.3 Å². The van der Waals surface area contributed by atoms with Gasteiger partial charge in [0.25, 0.3) is 0 Å². The predicted molar refractivity (Wildman–Crippen MR) is 94.0 cm³/mol. The van der Waals surface area contributed by atoms with Gasteiger partial charge in [0.05, 0.1) is 12.6 Å². The number of nitrogen functional groups attached to an aromatic ring is 1. The Balaban J connectivity index is 1.66. The van der Waals surface area contributed by atoms with Crippen molar-refractivity contribution >= 4 is 17.6 Å². The molecule has 24 heavy (non-hydrogen) atoms. The number of nitrogens with two attached hydrogens (primary N) is 1. The molecular weight excluding hydrogens is 304 g/mol. The Labute approximate surface area is 142 Å². The van der Waals surface area contributed by atoms with E-state index in [2.05, 4.69) is 25.2 Å². The van der Waals surface area contributed by atoms with Crippen LogP contribution in [-0.4, -0.2) is 46.2 Å². The number of benzene rings is 1. The van der Waals surface area contributed by atoms with Gasteiger partial charge in [-0.15, -0.1) is 0 Å². The first-order chi connectivity index (χ1) is 11.6. The zero-order chi connectivity index (χ0) is 16.9. The van der Waals surface area contributed by atoms with E-state index in [0.29, 0.717) is 24.4 Å². The normalized spacial score (nSPS) is 17.4. The van der Waals surface area contributed by atoms with E-state index >= 15 is 0 Å². The molecule has 0 bridgehead atoms. The quantitative estimate of drug-likeness (QED) is 0.839. The molecule has 1 fully saturated rings. The van der Waals surface area contributed by atoms with E-state index in [4.69, 9.17) is 10.5 Å². The van der Waals surface area contributed by atoms with E-state index in [0.717, 1.165) is 31.7 Å². The molecule has 0 saturated carbocycles. The van der Waals surface area contributed by atoms with Gasteiger partial charge in [-0.1, -0.05) is 12.1 Å². The standard InChI is InChI=1S/C17H24N6O/c1-12-5-3-6-13(9-12)19-17-21-15(20-16(18)22-17)11-23(2)10-14-7-4-8-24-14/h3,5-6,9,14H,4,7-8,10-11H2,1-2H3,(H3,18,19,20,21,22)/t14-/m0/s1. The topological polar surface area (TPSA) is 89.2 Å². The Hall–Kier alpha value is -2.25. The molecule has 1 aliphatic heterocycles. The van der Waals surface area contributed by atoms with Crippen LogP contribution in [0.5, 0.6) is 0 Å². The molecule has 1 aliphatic rings. The minimum Gasteiger partial charge on any atom is -0.377 e. The van der Waals surface area contributed by atoms with Gasteiger partial charge in [-0.05, 0) is 44.5 Å². The second kappa shape index (κ2) is 7.55. The fraction of sp³-hybridized carbons (Fsp3) is 0.471. The number of likely N-dealkylation sites (N-methyl/N-ethyl adjacent to an activating group) is 1. The minimum absolute atomic E-state index is 0.223. The molecule has 0 radical (unpaired) electrons. The van der Waals surface area contributed by atoms with Gasteiger partial charge >= 0.3 is 0 Å². The third-order valence-corrected chi connectivity index (χ3v) is 3.92. The number of anilines is 3. The van der Waals surface area contributed by atoms with Crippen molar-refractivity contribution in [3.8, 4) is 0 Å². The fourth-order valence-corrected chi connectivity index (χ4v) is 2.86. The minimum atomic E-state index is 0.223. The summed E-state index contributed by atoms with van der Waals surface area (Å²) in [6.07, 6.45) is 2.56. The number of aryl methyl sites for hydroxylation is 1. The molecule has 1 aromatic carbocycles. The molecule has 3 rings (SSSR count). The van der Waals surface area contributed by atoms with Crippen LogP contribution in [0.2, 0.25) is 0 Å². The number of rotatable bonds is 6. The zero-order valence-corrected chi connectivity index (χ0v) is 14.2. The molecule has 1 atom stereocenters. The molecule has 7 nitrogen and oxygen atoms in total. The highest BCUT2D eigenvalue weighted by Crippen LogP contribution is 2.16. The van der Waals surface area contributed by atoms with E-state index in [1.54, 1.807) is 0 Å². The van der Waals surface area contributed by atoms with Gasteiger partial charge in [0.15, 0.2) is 0 Å². The van der Waals surface area contributed by atoms with Crippen molar-refractivity contribution in [2.75, 3.05) is 31.2 Å². The summed E-state index contributed by atoms with van der Waals surface area (Å²) in [6, 6.07) is 8.02. The highest BCUT2D eigenvalue weighted by Gasteiger charge is 2.18. The van der Waals surface area contributed by atoms with Crippen molar-refractivity contribution in [3.05, 3.63) is 35.7 Å². The smallest absolute Gasteiger partial charge is 0.232 e. The lowest BCUT2D eigenvalue weighted by Crippen LogP contribution is -2.29. The van der Waals surface area contributed by atoms with Gasteiger partial charge in [-0.25, -0.2) is 0 Å². The van der Waals surface area contributed by atoms with E-state index in [1.807, 2.05) is 38.2 Å². The summed E-state index contributed by atoms with van der Waals surface area (Å²) in [4.78, 5) is 15.0. The third-order valence-electron chi connectivity index (χ3n) is 3.92. The van der Waals surface area contributed by atoms with Crippen molar-refractivity contribution < 1.29 is 4.74 Å². The number of nitrogens with zero attached hydrogens (tertiary/aromatic N) is 4. The molecule has 0 spiro atoms. The van der Waals surface area contributed by atoms with Gasteiger partial charge in [-0.2, -0.15) is 15.0 Å². The summed E-state index contributed by atoms with van der Waals surface area (Å²) in [5.41, 5.74) is 7.93. The van der Waals surface area contributed by atoms with Crippen LogP contribution in [0.4, 0.5) is 17.6 Å². The first-order valence-corrected chi connectivity index (χ1v) is 8.23. The van der Waals surface area contributed by atoms with Crippen LogP contribution in [0.25, 0.3) is 0 Å². The number of nitrogens with one attached hydrogen (secondary N) is 1. The van der Waals surface area contributed by atoms with E-state index in [9.17, 15) is 0 Å². The Morgan fingerprint density at radius 3 is 2.96 bits per heavy atom. The zero-order valence-electron chi connectivity index (χ0n) is 14.2. The van der Waals surface area contributed by atoms with E-state index in [-0.39, 0.29) is 5.95 Å². The number of hydrogen-bond acceptors (Lipinski definition) is 7. The molecule has 0 unspecified atom stereocenters. The maximum absolute atomic E-state index is 5.84. The Morgan fingerprint density at radius 1 is 1.33 bits per heavy atom. The van der Waals surface area contributed by atoms with Crippen molar-refractivity contribution in [2.24, 2.45) is 0 Å². The molecule has 2 heterocycles. The summed E-state index contributed by atoms with van der Waals surface area (Å²) in [5.74, 6) is 1.34. The monoisotopic (exact) mass is 328 g/mol. The molecule has 1 aromatic heterocycles. The average Bonchev–Trinajstić information content (AvgIpc) is 2.99. The van der Waals surface area contributed by atoms with Crippen LogP contribution in [0.15, 0.2) is 24.3 Å². The highest BCUT2D eigenvalue weighted by molar-refractivity contribution is 5.54. The second-order valence-corrected chi connectivity index (χ2v) is 6.26. The average molecular weight is 328 g/mol. The number of hydrogen-bond donors (Lipinski definition) is 2. The van der Waals surface area contributed by atoms with Crippen LogP contribution < -0.4 is 11.1 Å². The van der Waals surface area contributed by atoms with E-state index in [1.165, 1.54) is 5.56 Å². The number of aromatic nitrogens is 3. The second-order valence-electron chi connectivity index (χ2n) is 6.26. The first-order valence-electron chi connectivity index (χ1n) is 8.23. The summed E-state index contributed by atoms with van der Waals surface area (Å²) in [5, 5.41) is 3.19. The molecule has 0 amide bonds. The molecule has 7 heteroatoms. The highest BCUT2D eigenvalue weighted by atomic mass is 16.5. The predicted octanol–water partition coefficient (Wildman–Crippen LogP) is 2.12. The van der Waals surface area contributed by atoms with Crippen molar-refractivity contribution in [1.29, 1.82) is 0 Å². The lowest BCUT2D eigenvalue weighted by atomic mass is 10.2. The lowest BCUT2D eigenvalue weighted by molar-refractivity contribution is 0.0786. The van der Waals surface area contributed by atoms with Gasteiger partial charge in [0, 0.05) is 18.8 Å². The first kappa shape index (κ1) is 16.6. The third kappa shape index (κ3) is 4.62. The van der Waals surface area contributed by atoms with Gasteiger partial charge in [0.2, 0.25) is 11.9 Å². The summed E-state index contributed by atoms with van der Waals surface area (Å²) < 4.78 is 5.67. The largest absolute Gasteiger partial charge is 0.377 e. The maximum Gasteiger partial charge on any atom is 0.232 e. The van der Waals surface area contributed by atoms with Crippen LogP contribution in [0.1, 0.15) is 24.2 Å². The molecule has 3 N–H and O–H groups in total. The summed E-state index contributed by atoms with van der Waals surface area (Å²) in [6.45, 7) is 4.38.